The summed E-state index contributed by atoms with van der Waals surface area (Å²) in [7, 11) is 0. The van der Waals surface area contributed by atoms with Gasteiger partial charge in [-0.1, -0.05) is 69.3 Å². The van der Waals surface area contributed by atoms with Crippen molar-refractivity contribution >= 4 is 52.2 Å². The highest BCUT2D eigenvalue weighted by Gasteiger charge is 2.44. The SMILES string of the molecule is Cc1ccc(OC2CNC2)cc1C(=O)N[C@H](C)c1cccc(-c2ccc(CN[C@H]3CC[C@@H](C(=O)NCCOCCOCC(=O)N[C@H](C(=O)N4C[C@H](O)C[C@H]4C(=O)NCc4ccc(-c5scnc5C)cc4)C(C)(C)C)C3)s2)c1. The topological polar surface area (TPSA) is 222 Å². The molecule has 2 saturated heterocycles. The number of nitrogens with one attached hydrogen (secondary N) is 6. The molecule has 2 aliphatic heterocycles. The number of thiophene rings is 1. The van der Waals surface area contributed by atoms with E-state index < -0.39 is 35.4 Å². The van der Waals surface area contributed by atoms with E-state index >= 15 is 0 Å². The average Bonchev–Trinajstić information content (AvgIpc) is 4.27. The molecule has 3 fully saturated rings. The van der Waals surface area contributed by atoms with Gasteiger partial charge in [-0.3, -0.25) is 24.0 Å². The largest absolute Gasteiger partial charge is 0.488 e. The highest BCUT2D eigenvalue weighted by molar-refractivity contribution is 7.15. The van der Waals surface area contributed by atoms with Crippen LogP contribution in [0.2, 0.25) is 0 Å². The smallest absolute Gasteiger partial charge is 0.252 e. The summed E-state index contributed by atoms with van der Waals surface area (Å²) in [6.45, 7) is 14.6. The van der Waals surface area contributed by atoms with E-state index in [0.29, 0.717) is 24.4 Å². The van der Waals surface area contributed by atoms with E-state index in [2.05, 4.69) is 61.2 Å². The number of aliphatic hydroxyl groups excluding tert-OH is 1. The van der Waals surface area contributed by atoms with E-state index in [0.717, 1.165) is 75.6 Å². The number of amides is 5. The Morgan fingerprint density at radius 3 is 2.39 bits per heavy atom. The van der Waals surface area contributed by atoms with Gasteiger partial charge in [0.15, 0.2) is 0 Å². The van der Waals surface area contributed by atoms with Crippen LogP contribution in [-0.4, -0.2) is 127 Å². The number of hydrogen-bond donors (Lipinski definition) is 7. The Kier molecular flexibility index (Phi) is 19.7. The lowest BCUT2D eigenvalue weighted by Gasteiger charge is -2.35. The number of hydrogen-bond acceptors (Lipinski definition) is 14. The van der Waals surface area contributed by atoms with Crippen LogP contribution in [0.1, 0.15) is 97.0 Å². The van der Waals surface area contributed by atoms with Crippen molar-refractivity contribution in [3.05, 3.63) is 117 Å². The standard InChI is InChI=1S/C58H74N8O9S2/c1-35-10-17-45(75-46-29-59-30-46)27-48(35)55(70)64-36(2)40-8-7-9-41(24-40)50-19-18-47(77-50)31-61-43-16-15-42(25-43)54(69)60-20-21-73-22-23-74-33-51(68)65-53(58(4,5)6)57(72)66-32-44(67)26-49(66)56(71)62-28-38-11-13-39(14-12-38)52-37(3)63-34-76-52/h7-14,17-19,24,27,34,36,42-44,46,49,53,59,61,67H,15-16,20-23,25-26,28-33H2,1-6H3,(H,60,69)(H,62,71)(H,64,70)(H,65,68)/t36-,42-,43+,44-,49+,53-/m1/s1. The molecule has 0 spiro atoms. The summed E-state index contributed by atoms with van der Waals surface area (Å²) < 4.78 is 17.2. The number of aromatic nitrogens is 1. The molecule has 8 rings (SSSR count). The van der Waals surface area contributed by atoms with Crippen LogP contribution in [-0.2, 0) is 41.7 Å². The van der Waals surface area contributed by atoms with Crippen molar-refractivity contribution in [2.45, 2.75) is 117 Å². The number of aliphatic hydroxyl groups is 1. The van der Waals surface area contributed by atoms with Crippen molar-refractivity contribution < 1.29 is 43.3 Å². The number of ether oxygens (including phenoxy) is 3. The van der Waals surface area contributed by atoms with Crippen LogP contribution in [0.5, 0.6) is 5.75 Å². The second kappa shape index (κ2) is 26.5. The molecule has 0 bridgehead atoms. The van der Waals surface area contributed by atoms with E-state index in [1.165, 1.54) is 9.78 Å². The Morgan fingerprint density at radius 2 is 1.65 bits per heavy atom. The van der Waals surface area contributed by atoms with Gasteiger partial charge in [-0.25, -0.2) is 4.98 Å². The Bertz CT molecular complexity index is 2830. The number of likely N-dealkylation sites (tertiary alicyclic amines) is 1. The van der Waals surface area contributed by atoms with Crippen LogP contribution in [0.15, 0.2) is 84.4 Å². The van der Waals surface area contributed by atoms with Crippen LogP contribution >= 0.6 is 22.7 Å². The summed E-state index contributed by atoms with van der Waals surface area (Å²) in [5.41, 5.74) is 7.60. The summed E-state index contributed by atoms with van der Waals surface area (Å²) in [5.74, 6) is -0.830. The second-order valence-corrected chi connectivity index (χ2v) is 23.5. The number of rotatable bonds is 24. The van der Waals surface area contributed by atoms with Gasteiger partial charge < -0.3 is 56.1 Å². The van der Waals surface area contributed by atoms with Gasteiger partial charge in [0.05, 0.1) is 48.0 Å². The van der Waals surface area contributed by atoms with E-state index in [1.807, 2.05) is 102 Å². The number of nitrogens with zero attached hydrogens (tertiary/aromatic N) is 2. The van der Waals surface area contributed by atoms with E-state index in [-0.39, 0.29) is 87.8 Å². The first-order chi connectivity index (χ1) is 37.0. The quantitative estimate of drug-likeness (QED) is 0.0343. The molecule has 7 N–H and O–H groups in total. The molecule has 6 atom stereocenters. The van der Waals surface area contributed by atoms with Gasteiger partial charge in [-0.2, -0.15) is 0 Å². The lowest BCUT2D eigenvalue weighted by atomic mass is 9.85. The number of thiazole rings is 1. The molecule has 0 radical (unpaired) electrons. The van der Waals surface area contributed by atoms with Crippen molar-refractivity contribution in [1.29, 1.82) is 0 Å². The third kappa shape index (κ3) is 15.6. The predicted molar refractivity (Wildman–Crippen MR) is 298 cm³/mol. The van der Waals surface area contributed by atoms with Crippen molar-refractivity contribution in [1.82, 2.24) is 41.8 Å². The van der Waals surface area contributed by atoms with Gasteiger partial charge in [-0.05, 0) is 104 Å². The van der Waals surface area contributed by atoms with Crippen molar-refractivity contribution in [2.24, 2.45) is 11.3 Å². The minimum Gasteiger partial charge on any atom is -0.488 e. The monoisotopic (exact) mass is 1090 g/mol. The molecule has 412 valence electrons. The normalized spacial score (nSPS) is 19.3. The second-order valence-electron chi connectivity index (χ2n) is 21.4. The molecule has 1 aliphatic carbocycles. The molecular weight excluding hydrogens is 1020 g/mol. The van der Waals surface area contributed by atoms with Gasteiger partial charge in [0.2, 0.25) is 23.6 Å². The molecule has 3 aliphatic rings. The van der Waals surface area contributed by atoms with Crippen LogP contribution in [0, 0.1) is 25.2 Å². The fourth-order valence-electron chi connectivity index (χ4n) is 9.81. The number of aryl methyl sites for hydroxylation is 2. The van der Waals surface area contributed by atoms with E-state index in [9.17, 15) is 29.1 Å². The molecule has 3 aromatic carbocycles. The first-order valence-corrected chi connectivity index (χ1v) is 28.4. The Morgan fingerprint density at radius 1 is 0.857 bits per heavy atom. The van der Waals surface area contributed by atoms with Gasteiger partial charge in [-0.15, -0.1) is 22.7 Å². The minimum absolute atomic E-state index is 0.0106. The zero-order valence-corrected chi connectivity index (χ0v) is 46.6. The van der Waals surface area contributed by atoms with Crippen molar-refractivity contribution in [3.8, 4) is 26.6 Å². The molecule has 5 aromatic rings. The van der Waals surface area contributed by atoms with Crippen LogP contribution in [0.3, 0.4) is 0 Å². The molecule has 5 amide bonds. The van der Waals surface area contributed by atoms with E-state index in [4.69, 9.17) is 14.2 Å². The van der Waals surface area contributed by atoms with Gasteiger partial charge in [0, 0.05) is 73.0 Å². The lowest BCUT2D eigenvalue weighted by Crippen LogP contribution is -2.58. The minimum atomic E-state index is -0.980. The summed E-state index contributed by atoms with van der Waals surface area (Å²) in [5, 5.41) is 29.4. The first kappa shape index (κ1) is 57.1. The summed E-state index contributed by atoms with van der Waals surface area (Å²) in [6, 6.07) is 24.3. The molecule has 0 unspecified atom stereocenters. The summed E-state index contributed by atoms with van der Waals surface area (Å²) >= 11 is 3.30. The van der Waals surface area contributed by atoms with Gasteiger partial charge in [0.1, 0.15) is 30.5 Å². The molecule has 19 heteroatoms. The Balaban J connectivity index is 0.690. The predicted octanol–water partition coefficient (Wildman–Crippen LogP) is 6.21. The molecule has 2 aromatic heterocycles. The van der Waals surface area contributed by atoms with Gasteiger partial charge >= 0.3 is 0 Å². The lowest BCUT2D eigenvalue weighted by molar-refractivity contribution is -0.144. The number of benzene rings is 3. The maximum atomic E-state index is 14.0. The van der Waals surface area contributed by atoms with Gasteiger partial charge in [0.25, 0.3) is 5.91 Å². The maximum absolute atomic E-state index is 14.0. The molecule has 1 saturated carbocycles. The number of β-amino-alcohol motifs (C(OH)–C–C–N with tert-alkyl or cyclic N) is 1. The Labute approximate surface area is 459 Å². The Hall–Kier alpha value is -6.06. The zero-order chi connectivity index (χ0) is 54.6. The van der Waals surface area contributed by atoms with Crippen molar-refractivity contribution in [2.75, 3.05) is 52.6 Å². The fraction of sp³-hybridized carbons (Fsp3) is 0.483. The maximum Gasteiger partial charge on any atom is 0.252 e. The fourth-order valence-corrected chi connectivity index (χ4v) is 11.6. The summed E-state index contributed by atoms with van der Waals surface area (Å²) in [4.78, 5) is 76.1. The van der Waals surface area contributed by atoms with Crippen LogP contribution < -0.4 is 36.6 Å². The molecule has 77 heavy (non-hydrogen) atoms. The summed E-state index contributed by atoms with van der Waals surface area (Å²) in [6.07, 6.45) is 1.81. The van der Waals surface area contributed by atoms with Crippen LogP contribution in [0.25, 0.3) is 20.9 Å². The average molecular weight is 1090 g/mol. The zero-order valence-electron chi connectivity index (χ0n) is 44.9. The first-order valence-electron chi connectivity index (χ1n) is 26.7. The number of carbonyl (C=O) groups is 5. The molecule has 17 nitrogen and oxygen atoms in total. The van der Waals surface area contributed by atoms with Crippen LogP contribution in [0.4, 0.5) is 0 Å². The molecule has 4 heterocycles. The van der Waals surface area contributed by atoms with E-state index in [1.54, 1.807) is 22.7 Å². The third-order valence-corrected chi connectivity index (χ3v) is 16.5. The highest BCUT2D eigenvalue weighted by Crippen LogP contribution is 2.33. The van der Waals surface area contributed by atoms with Crippen molar-refractivity contribution in [3.63, 3.8) is 0 Å². The number of carbonyl (C=O) groups excluding carboxylic acids is 5. The molecular formula is C58H74N8O9S2. The third-order valence-electron chi connectivity index (χ3n) is 14.4. The highest BCUT2D eigenvalue weighted by atomic mass is 32.1.